The van der Waals surface area contributed by atoms with Crippen LogP contribution in [0.3, 0.4) is 0 Å². The fourth-order valence-electron chi connectivity index (χ4n) is 4.63. The Bertz CT molecular complexity index is 360. The summed E-state index contributed by atoms with van der Waals surface area (Å²) in [4.78, 5) is 11.6. The Balaban J connectivity index is 1.53. The summed E-state index contributed by atoms with van der Waals surface area (Å²) in [5.74, 6) is 3.35. The minimum atomic E-state index is 0.0252. The van der Waals surface area contributed by atoms with Crippen LogP contribution in [-0.2, 0) is 9.53 Å². The van der Waals surface area contributed by atoms with Gasteiger partial charge in [0.05, 0.1) is 0 Å². The van der Waals surface area contributed by atoms with Gasteiger partial charge in [0.2, 0.25) is 0 Å². The van der Waals surface area contributed by atoms with Crippen LogP contribution < -0.4 is 0 Å². The Morgan fingerprint density at radius 1 is 1.16 bits per heavy atom. The Kier molecular flexibility index (Phi) is 3.95. The van der Waals surface area contributed by atoms with Gasteiger partial charge in [0.25, 0.3) is 0 Å². The number of hydrogen-bond acceptors (Lipinski definition) is 2. The molecule has 0 saturated heterocycles. The zero-order valence-electron chi connectivity index (χ0n) is 12.0. The van der Waals surface area contributed by atoms with Crippen LogP contribution in [-0.4, -0.2) is 12.1 Å². The van der Waals surface area contributed by atoms with Crippen molar-refractivity contribution in [2.45, 2.75) is 64.4 Å². The van der Waals surface area contributed by atoms with Gasteiger partial charge in [-0.05, 0) is 68.6 Å². The lowest BCUT2D eigenvalue weighted by Crippen LogP contribution is -2.30. The minimum Gasteiger partial charge on any atom is -0.462 e. The van der Waals surface area contributed by atoms with Crippen molar-refractivity contribution in [3.8, 4) is 0 Å². The topological polar surface area (TPSA) is 26.3 Å². The number of hydrogen-bond donors (Lipinski definition) is 0. The molecule has 1 unspecified atom stereocenters. The molecule has 0 spiro atoms. The number of esters is 1. The van der Waals surface area contributed by atoms with Gasteiger partial charge >= 0.3 is 5.97 Å². The van der Waals surface area contributed by atoms with Crippen molar-refractivity contribution in [1.82, 2.24) is 0 Å². The van der Waals surface area contributed by atoms with E-state index in [2.05, 4.69) is 12.2 Å². The van der Waals surface area contributed by atoms with Gasteiger partial charge in [0.1, 0.15) is 6.10 Å². The summed E-state index contributed by atoms with van der Waals surface area (Å²) in [6, 6.07) is 0. The van der Waals surface area contributed by atoms with Crippen LogP contribution in [0.1, 0.15) is 58.3 Å². The first kappa shape index (κ1) is 13.2. The molecular weight excluding hydrogens is 236 g/mol. The molecule has 3 aliphatic carbocycles. The Labute approximate surface area is 116 Å². The molecule has 0 heterocycles. The second kappa shape index (κ2) is 5.68. The highest BCUT2D eigenvalue weighted by Crippen LogP contribution is 2.54. The minimum absolute atomic E-state index is 0.0252. The van der Waals surface area contributed by atoms with Crippen molar-refractivity contribution in [2.24, 2.45) is 23.7 Å². The summed E-state index contributed by atoms with van der Waals surface area (Å²) in [6.07, 6.45) is 14.2. The van der Waals surface area contributed by atoms with E-state index >= 15 is 0 Å². The van der Waals surface area contributed by atoms with Crippen LogP contribution in [0.2, 0.25) is 0 Å². The van der Waals surface area contributed by atoms with Gasteiger partial charge in [-0.3, -0.25) is 4.79 Å². The fraction of sp³-hybridized carbons (Fsp3) is 0.824. The molecule has 0 aliphatic heterocycles. The monoisotopic (exact) mass is 262 g/mol. The third-order valence-electron chi connectivity index (χ3n) is 5.50. The smallest absolute Gasteiger partial charge is 0.306 e. The highest BCUT2D eigenvalue weighted by molar-refractivity contribution is 5.69. The lowest BCUT2D eigenvalue weighted by atomic mass is 9.74. The van der Waals surface area contributed by atoms with Crippen molar-refractivity contribution in [3.63, 3.8) is 0 Å². The number of rotatable bonds is 4. The number of carbonyl (C=O) groups is 1. The molecule has 19 heavy (non-hydrogen) atoms. The molecular formula is C17H26O2. The molecule has 106 valence electrons. The van der Waals surface area contributed by atoms with Gasteiger partial charge in [-0.15, -0.1) is 0 Å². The van der Waals surface area contributed by atoms with Gasteiger partial charge in [0.15, 0.2) is 0 Å². The van der Waals surface area contributed by atoms with Gasteiger partial charge < -0.3 is 4.74 Å². The highest BCUT2D eigenvalue weighted by atomic mass is 16.5. The molecule has 2 bridgehead atoms. The Morgan fingerprint density at radius 2 is 2.05 bits per heavy atom. The van der Waals surface area contributed by atoms with E-state index < -0.39 is 0 Å². The first-order chi connectivity index (χ1) is 9.28. The molecule has 2 nitrogen and oxygen atoms in total. The third kappa shape index (κ3) is 2.73. The summed E-state index contributed by atoms with van der Waals surface area (Å²) < 4.78 is 5.67. The molecule has 0 amide bonds. The van der Waals surface area contributed by atoms with E-state index in [-0.39, 0.29) is 12.1 Å². The van der Waals surface area contributed by atoms with Gasteiger partial charge in [-0.1, -0.05) is 19.1 Å². The second-order valence-electron chi connectivity index (χ2n) is 6.71. The molecule has 0 aromatic carbocycles. The van der Waals surface area contributed by atoms with Crippen molar-refractivity contribution in [1.29, 1.82) is 0 Å². The van der Waals surface area contributed by atoms with Crippen molar-refractivity contribution >= 4 is 5.97 Å². The van der Waals surface area contributed by atoms with E-state index in [0.29, 0.717) is 12.3 Å². The normalized spacial score (nSPS) is 40.6. The van der Waals surface area contributed by atoms with E-state index in [9.17, 15) is 4.79 Å². The predicted octanol–water partition coefficient (Wildman–Crippen LogP) is 4.10. The van der Waals surface area contributed by atoms with E-state index in [0.717, 1.165) is 30.6 Å². The van der Waals surface area contributed by atoms with Crippen LogP contribution in [0.15, 0.2) is 12.2 Å². The van der Waals surface area contributed by atoms with Gasteiger partial charge in [-0.2, -0.15) is 0 Å². The lowest BCUT2D eigenvalue weighted by Gasteiger charge is -2.34. The van der Waals surface area contributed by atoms with E-state index in [1.165, 1.54) is 32.1 Å². The molecule has 2 heteroatoms. The average Bonchev–Trinajstić information content (AvgIpc) is 2.99. The molecule has 0 aromatic heterocycles. The first-order valence-corrected chi connectivity index (χ1v) is 8.12. The second-order valence-corrected chi connectivity index (χ2v) is 6.71. The summed E-state index contributed by atoms with van der Waals surface area (Å²) >= 11 is 0. The maximum Gasteiger partial charge on any atom is 0.306 e. The molecule has 5 atom stereocenters. The Morgan fingerprint density at radius 3 is 2.68 bits per heavy atom. The molecule has 0 radical (unpaired) electrons. The largest absolute Gasteiger partial charge is 0.462 e. The van der Waals surface area contributed by atoms with Crippen LogP contribution in [0.4, 0.5) is 0 Å². The Hall–Kier alpha value is -0.790. The van der Waals surface area contributed by atoms with Crippen LogP contribution in [0.5, 0.6) is 0 Å². The number of ether oxygens (including phenoxy) is 1. The summed E-state index contributed by atoms with van der Waals surface area (Å²) in [6.45, 7) is 2.04. The van der Waals surface area contributed by atoms with Crippen LogP contribution >= 0.6 is 0 Å². The van der Waals surface area contributed by atoms with Crippen LogP contribution in [0.25, 0.3) is 0 Å². The highest BCUT2D eigenvalue weighted by Gasteiger charge is 2.49. The maximum atomic E-state index is 11.6. The van der Waals surface area contributed by atoms with Gasteiger partial charge in [-0.25, -0.2) is 0 Å². The van der Waals surface area contributed by atoms with Crippen molar-refractivity contribution < 1.29 is 9.53 Å². The summed E-state index contributed by atoms with van der Waals surface area (Å²) in [5.41, 5.74) is 0. The molecule has 3 rings (SSSR count). The quantitative estimate of drug-likeness (QED) is 0.563. The zero-order valence-corrected chi connectivity index (χ0v) is 12.0. The van der Waals surface area contributed by atoms with E-state index in [1.807, 2.05) is 6.92 Å². The lowest BCUT2D eigenvalue weighted by molar-refractivity contribution is -0.152. The standard InChI is InChI=1S/C17H26O2/c1-2-6-17(18)19-16-11-13-9-14(16)10-15(13)12-7-4-3-5-8-12/h3-4,12-16H,2,5-11H2,1H3/t12?,13-,14-,15-,16+/m1/s1. The molecule has 0 aromatic rings. The average molecular weight is 262 g/mol. The fourth-order valence-corrected chi connectivity index (χ4v) is 4.63. The molecule has 0 N–H and O–H groups in total. The number of allylic oxidation sites excluding steroid dienone is 2. The summed E-state index contributed by atoms with van der Waals surface area (Å²) in [5, 5.41) is 0. The number of fused-ring (bicyclic) bond motifs is 2. The molecule has 3 aliphatic rings. The number of carbonyl (C=O) groups excluding carboxylic acids is 1. The molecule has 2 saturated carbocycles. The zero-order chi connectivity index (χ0) is 13.2. The van der Waals surface area contributed by atoms with Crippen LogP contribution in [0, 0.1) is 23.7 Å². The van der Waals surface area contributed by atoms with Crippen molar-refractivity contribution in [2.75, 3.05) is 0 Å². The first-order valence-electron chi connectivity index (χ1n) is 8.12. The maximum absolute atomic E-state index is 11.6. The van der Waals surface area contributed by atoms with E-state index in [4.69, 9.17) is 4.74 Å². The third-order valence-corrected chi connectivity index (χ3v) is 5.50. The van der Waals surface area contributed by atoms with E-state index in [1.54, 1.807) is 0 Å². The summed E-state index contributed by atoms with van der Waals surface area (Å²) in [7, 11) is 0. The molecule has 2 fully saturated rings. The predicted molar refractivity (Wildman–Crippen MR) is 75.6 cm³/mol. The van der Waals surface area contributed by atoms with Gasteiger partial charge in [0, 0.05) is 6.42 Å². The van der Waals surface area contributed by atoms with Crippen molar-refractivity contribution in [3.05, 3.63) is 12.2 Å². The SMILES string of the molecule is CCCC(=O)O[C@H]1C[C@H]2C[C@@H]1C[C@@H]2C1CC=CCC1.